The highest BCUT2D eigenvalue weighted by Gasteiger charge is 2.32. The molecule has 3 nitrogen and oxygen atoms in total. The Morgan fingerprint density at radius 2 is 1.90 bits per heavy atom. The Morgan fingerprint density at radius 3 is 2.38 bits per heavy atom. The quantitative estimate of drug-likeness (QED) is 0.849. The Kier molecular flexibility index (Phi) is 4.91. The smallest absolute Gasteiger partial charge is 0.336 e. The fraction of sp³-hybridized carbons (Fsp3) is 0.562. The van der Waals surface area contributed by atoms with Gasteiger partial charge in [-0.25, -0.2) is 9.18 Å². The number of aromatic carboxylic acids is 1. The maximum Gasteiger partial charge on any atom is 0.336 e. The van der Waals surface area contributed by atoms with E-state index >= 15 is 0 Å². The summed E-state index contributed by atoms with van der Waals surface area (Å²) in [6.45, 7) is 6.07. The molecule has 2 rings (SSSR count). The highest BCUT2D eigenvalue weighted by molar-refractivity contribution is 9.10. The lowest BCUT2D eigenvalue weighted by atomic mass is 9.74. The van der Waals surface area contributed by atoms with Gasteiger partial charge in [0.1, 0.15) is 0 Å². The number of carbonyl (C=O) groups is 1. The van der Waals surface area contributed by atoms with E-state index in [-0.39, 0.29) is 10.0 Å². The third-order valence-corrected chi connectivity index (χ3v) is 5.73. The van der Waals surface area contributed by atoms with Gasteiger partial charge < -0.3 is 10.0 Å². The molecule has 21 heavy (non-hydrogen) atoms. The van der Waals surface area contributed by atoms with Crippen LogP contribution in [0.2, 0.25) is 0 Å². The molecule has 0 amide bonds. The summed E-state index contributed by atoms with van der Waals surface area (Å²) in [6, 6.07) is 3.04. The molecule has 0 unspecified atom stereocenters. The van der Waals surface area contributed by atoms with Crippen LogP contribution in [0.3, 0.4) is 0 Å². The molecule has 0 atom stereocenters. The van der Waals surface area contributed by atoms with E-state index in [1.807, 2.05) is 4.90 Å². The van der Waals surface area contributed by atoms with Crippen molar-refractivity contribution in [3.8, 4) is 0 Å². The van der Waals surface area contributed by atoms with Gasteiger partial charge in [0, 0.05) is 13.1 Å². The summed E-state index contributed by atoms with van der Waals surface area (Å²) in [5.74, 6) is -1.60. The molecule has 116 valence electrons. The maximum atomic E-state index is 14.4. The number of anilines is 1. The molecular weight excluding hydrogens is 337 g/mol. The molecule has 1 heterocycles. The van der Waals surface area contributed by atoms with Crippen LogP contribution in [0, 0.1) is 11.2 Å². The number of hydrogen-bond donors (Lipinski definition) is 1. The Hall–Kier alpha value is -1.10. The topological polar surface area (TPSA) is 40.5 Å². The molecule has 0 bridgehead atoms. The lowest BCUT2D eigenvalue weighted by molar-refractivity contribution is 0.0695. The number of rotatable bonds is 4. The molecule has 1 aliphatic rings. The second-order valence-corrected chi connectivity index (χ2v) is 6.55. The number of piperidine rings is 1. The zero-order valence-electron chi connectivity index (χ0n) is 12.5. The van der Waals surface area contributed by atoms with Gasteiger partial charge in [0.2, 0.25) is 0 Å². The minimum absolute atomic E-state index is 0.0373. The first-order valence-corrected chi connectivity index (χ1v) is 8.19. The van der Waals surface area contributed by atoms with Crippen LogP contribution in [0.5, 0.6) is 0 Å². The summed E-state index contributed by atoms with van der Waals surface area (Å²) >= 11 is 3.07. The molecule has 0 aromatic heterocycles. The molecule has 0 aliphatic carbocycles. The third kappa shape index (κ3) is 3.07. The van der Waals surface area contributed by atoms with Crippen molar-refractivity contribution in [3.05, 3.63) is 28.0 Å². The first-order chi connectivity index (χ1) is 9.94. The van der Waals surface area contributed by atoms with Crippen LogP contribution in [-0.4, -0.2) is 24.2 Å². The van der Waals surface area contributed by atoms with Crippen molar-refractivity contribution in [1.82, 2.24) is 0 Å². The molecular formula is C16H21BrFNO2. The molecule has 1 fully saturated rings. The van der Waals surface area contributed by atoms with E-state index in [2.05, 4.69) is 29.8 Å². The van der Waals surface area contributed by atoms with Crippen molar-refractivity contribution in [2.75, 3.05) is 18.0 Å². The van der Waals surface area contributed by atoms with Gasteiger partial charge in [0.25, 0.3) is 0 Å². The molecule has 0 spiro atoms. The van der Waals surface area contributed by atoms with Gasteiger partial charge in [-0.1, -0.05) is 26.7 Å². The second-order valence-electron chi connectivity index (χ2n) is 5.76. The zero-order valence-corrected chi connectivity index (χ0v) is 14.0. The molecule has 1 aromatic carbocycles. The lowest BCUT2D eigenvalue weighted by Gasteiger charge is -2.42. The van der Waals surface area contributed by atoms with Gasteiger partial charge in [-0.05, 0) is 46.3 Å². The Labute approximate surface area is 133 Å². The molecule has 1 aromatic rings. The van der Waals surface area contributed by atoms with Gasteiger partial charge in [-0.2, -0.15) is 0 Å². The van der Waals surface area contributed by atoms with Crippen LogP contribution in [0.1, 0.15) is 49.9 Å². The lowest BCUT2D eigenvalue weighted by Crippen LogP contribution is -2.40. The standard InChI is InChI=1S/C16H21BrFNO2/c1-3-16(4-2)7-9-19(10-8-16)12-6-5-11(15(20)21)13(17)14(12)18/h5-6H,3-4,7-10H2,1-2H3,(H,20,21). The highest BCUT2D eigenvalue weighted by Crippen LogP contribution is 2.40. The Balaban J connectivity index is 2.22. The summed E-state index contributed by atoms with van der Waals surface area (Å²) in [5.41, 5.74) is 0.836. The molecule has 5 heteroatoms. The summed E-state index contributed by atoms with van der Waals surface area (Å²) in [7, 11) is 0. The fourth-order valence-corrected chi connectivity index (χ4v) is 3.63. The third-order valence-electron chi connectivity index (χ3n) is 4.96. The number of carboxylic acids is 1. The number of carboxylic acid groups (broad SMARTS) is 1. The van der Waals surface area contributed by atoms with Gasteiger partial charge >= 0.3 is 5.97 Å². The van der Waals surface area contributed by atoms with E-state index in [0.29, 0.717) is 11.1 Å². The van der Waals surface area contributed by atoms with Crippen molar-refractivity contribution >= 4 is 27.6 Å². The van der Waals surface area contributed by atoms with Crippen molar-refractivity contribution in [1.29, 1.82) is 0 Å². The number of halogens is 2. The predicted octanol–water partition coefficient (Wildman–Crippen LogP) is 4.69. The highest BCUT2D eigenvalue weighted by atomic mass is 79.9. The van der Waals surface area contributed by atoms with Crippen LogP contribution >= 0.6 is 15.9 Å². The van der Waals surface area contributed by atoms with Crippen LogP contribution in [-0.2, 0) is 0 Å². The van der Waals surface area contributed by atoms with Crippen molar-refractivity contribution < 1.29 is 14.3 Å². The first kappa shape index (κ1) is 16.3. The summed E-state index contributed by atoms with van der Waals surface area (Å²) in [4.78, 5) is 13.0. The Bertz CT molecular complexity index is 533. The molecule has 1 N–H and O–H groups in total. The zero-order chi connectivity index (χ0) is 15.6. The van der Waals surface area contributed by atoms with Crippen molar-refractivity contribution in [3.63, 3.8) is 0 Å². The average Bonchev–Trinajstić information content (AvgIpc) is 2.50. The summed E-state index contributed by atoms with van der Waals surface area (Å²) in [5, 5.41) is 9.01. The van der Waals surface area contributed by atoms with Gasteiger partial charge in [-0.15, -0.1) is 0 Å². The van der Waals surface area contributed by atoms with E-state index in [1.54, 1.807) is 6.07 Å². The van der Waals surface area contributed by atoms with Crippen LogP contribution in [0.4, 0.5) is 10.1 Å². The maximum absolute atomic E-state index is 14.4. The summed E-state index contributed by atoms with van der Waals surface area (Å²) in [6.07, 6.45) is 4.42. The van der Waals surface area contributed by atoms with E-state index in [0.717, 1.165) is 38.8 Å². The van der Waals surface area contributed by atoms with Crippen LogP contribution < -0.4 is 4.90 Å². The van der Waals surface area contributed by atoms with Gasteiger partial charge in [-0.3, -0.25) is 0 Å². The van der Waals surface area contributed by atoms with E-state index in [4.69, 9.17) is 5.11 Å². The minimum Gasteiger partial charge on any atom is -0.478 e. The first-order valence-electron chi connectivity index (χ1n) is 7.40. The van der Waals surface area contributed by atoms with E-state index < -0.39 is 11.8 Å². The molecule has 0 radical (unpaired) electrons. The largest absolute Gasteiger partial charge is 0.478 e. The van der Waals surface area contributed by atoms with E-state index in [1.165, 1.54) is 6.07 Å². The van der Waals surface area contributed by atoms with Gasteiger partial charge in [0.05, 0.1) is 15.7 Å². The number of hydrogen-bond acceptors (Lipinski definition) is 2. The molecule has 0 saturated carbocycles. The van der Waals surface area contributed by atoms with Crippen LogP contribution in [0.25, 0.3) is 0 Å². The van der Waals surface area contributed by atoms with E-state index in [9.17, 15) is 9.18 Å². The minimum atomic E-state index is -1.12. The Morgan fingerprint density at radius 1 is 1.33 bits per heavy atom. The summed E-state index contributed by atoms with van der Waals surface area (Å²) < 4.78 is 14.4. The average molecular weight is 358 g/mol. The van der Waals surface area contributed by atoms with Crippen molar-refractivity contribution in [2.24, 2.45) is 5.41 Å². The van der Waals surface area contributed by atoms with Crippen LogP contribution in [0.15, 0.2) is 16.6 Å². The van der Waals surface area contributed by atoms with Crippen molar-refractivity contribution in [2.45, 2.75) is 39.5 Å². The number of benzene rings is 1. The van der Waals surface area contributed by atoms with Gasteiger partial charge in [0.15, 0.2) is 5.82 Å². The molecule has 1 saturated heterocycles. The predicted molar refractivity (Wildman–Crippen MR) is 85.5 cm³/mol. The SMILES string of the molecule is CCC1(CC)CCN(c2ccc(C(=O)O)c(Br)c2F)CC1. The fourth-order valence-electron chi connectivity index (χ4n) is 3.13. The monoisotopic (exact) mass is 357 g/mol. The second kappa shape index (κ2) is 6.34. The molecule has 1 aliphatic heterocycles. The normalized spacial score (nSPS) is 17.8. The number of nitrogens with zero attached hydrogens (tertiary/aromatic N) is 1.